The van der Waals surface area contributed by atoms with E-state index in [1.54, 1.807) is 19.4 Å². The van der Waals surface area contributed by atoms with Crippen LogP contribution in [0, 0.1) is 0 Å². The van der Waals surface area contributed by atoms with Crippen molar-refractivity contribution < 1.29 is 9.53 Å². The van der Waals surface area contributed by atoms with Crippen LogP contribution < -0.4 is 10.1 Å². The van der Waals surface area contributed by atoms with Crippen molar-refractivity contribution in [3.8, 4) is 5.75 Å². The van der Waals surface area contributed by atoms with Gasteiger partial charge >= 0.3 is 0 Å². The van der Waals surface area contributed by atoms with Crippen LogP contribution in [0.1, 0.15) is 37.3 Å². The van der Waals surface area contributed by atoms with Gasteiger partial charge in [-0.05, 0) is 37.1 Å². The summed E-state index contributed by atoms with van der Waals surface area (Å²) in [6.45, 7) is 0. The number of methoxy groups -OCH3 is 1. The quantitative estimate of drug-likeness (QED) is 0.769. The number of aromatic nitrogens is 2. The van der Waals surface area contributed by atoms with E-state index in [-0.39, 0.29) is 5.91 Å². The lowest BCUT2D eigenvalue weighted by molar-refractivity contribution is -0.111. The van der Waals surface area contributed by atoms with E-state index < -0.39 is 0 Å². The Morgan fingerprint density at radius 2 is 2.17 bits per heavy atom. The number of hydrogen-bond donors (Lipinski definition) is 1. The molecule has 1 N–H and O–H groups in total. The first-order valence-electron chi connectivity index (χ1n) is 8.03. The van der Waals surface area contributed by atoms with Crippen molar-refractivity contribution in [3.05, 3.63) is 46.6 Å². The summed E-state index contributed by atoms with van der Waals surface area (Å²) in [5.74, 6) is 1.28. The summed E-state index contributed by atoms with van der Waals surface area (Å²) < 4.78 is 8.17. The molecule has 24 heavy (non-hydrogen) atoms. The molecule has 0 atom stereocenters. The van der Waals surface area contributed by atoms with Crippen LogP contribution in [0.2, 0.25) is 0 Å². The fourth-order valence-corrected chi connectivity index (χ4v) is 3.40. The van der Waals surface area contributed by atoms with E-state index in [1.165, 1.54) is 18.9 Å². The predicted octanol–water partition coefficient (Wildman–Crippen LogP) is 4.42. The maximum atomic E-state index is 12.2. The third kappa shape index (κ3) is 3.87. The molecule has 1 aliphatic carbocycles. The molecule has 1 amide bonds. The van der Waals surface area contributed by atoms with Crippen LogP contribution in [-0.4, -0.2) is 22.8 Å². The lowest BCUT2D eigenvalue weighted by Crippen LogP contribution is -2.15. The third-order valence-corrected chi connectivity index (χ3v) is 4.69. The molecule has 0 radical (unpaired) electrons. The Morgan fingerprint density at radius 3 is 2.92 bits per heavy atom. The average molecular weight is 390 g/mol. The number of hydrogen-bond acceptors (Lipinski definition) is 3. The van der Waals surface area contributed by atoms with E-state index in [2.05, 4.69) is 26.3 Å². The number of amides is 1. The molecule has 0 saturated heterocycles. The Hall–Kier alpha value is -2.08. The molecular weight excluding hydrogens is 370 g/mol. The lowest BCUT2D eigenvalue weighted by Gasteiger charge is -2.14. The molecule has 6 heteroatoms. The molecule has 3 rings (SSSR count). The second-order valence-electron chi connectivity index (χ2n) is 5.81. The van der Waals surface area contributed by atoms with Gasteiger partial charge in [0.25, 0.3) is 0 Å². The van der Waals surface area contributed by atoms with Gasteiger partial charge in [-0.2, -0.15) is 5.10 Å². The summed E-state index contributed by atoms with van der Waals surface area (Å²) in [6.07, 6.45) is 9.67. The zero-order valence-corrected chi connectivity index (χ0v) is 15.1. The molecule has 1 fully saturated rings. The van der Waals surface area contributed by atoms with Crippen molar-refractivity contribution in [1.82, 2.24) is 9.78 Å². The van der Waals surface area contributed by atoms with Crippen LogP contribution in [0.5, 0.6) is 5.75 Å². The first-order chi connectivity index (χ1) is 11.7. The molecule has 1 heterocycles. The SMILES string of the molecule is COc1ccc(Br)cc1/C=C/C(=O)Nc1ccnn1C1CCCC1. The van der Waals surface area contributed by atoms with Gasteiger partial charge in [0, 0.05) is 22.2 Å². The second-order valence-corrected chi connectivity index (χ2v) is 6.72. The second kappa shape index (κ2) is 7.66. The van der Waals surface area contributed by atoms with Gasteiger partial charge < -0.3 is 10.1 Å². The number of halogens is 1. The maximum absolute atomic E-state index is 12.2. The normalized spacial score (nSPS) is 15.1. The maximum Gasteiger partial charge on any atom is 0.249 e. The topological polar surface area (TPSA) is 56.1 Å². The Bertz CT molecular complexity index is 748. The lowest BCUT2D eigenvalue weighted by atomic mass is 10.2. The van der Waals surface area contributed by atoms with Gasteiger partial charge in [-0.3, -0.25) is 4.79 Å². The van der Waals surface area contributed by atoms with Crippen molar-refractivity contribution in [2.75, 3.05) is 12.4 Å². The van der Waals surface area contributed by atoms with E-state index in [0.717, 1.165) is 34.4 Å². The van der Waals surface area contributed by atoms with Gasteiger partial charge in [0.1, 0.15) is 11.6 Å². The fourth-order valence-electron chi connectivity index (χ4n) is 3.02. The number of carbonyl (C=O) groups is 1. The van der Waals surface area contributed by atoms with Crippen LogP contribution in [0.3, 0.4) is 0 Å². The minimum atomic E-state index is -0.184. The number of carbonyl (C=O) groups excluding carboxylic acids is 1. The number of rotatable bonds is 5. The number of ether oxygens (including phenoxy) is 1. The van der Waals surface area contributed by atoms with E-state index in [1.807, 2.05) is 28.9 Å². The van der Waals surface area contributed by atoms with Gasteiger partial charge in [-0.1, -0.05) is 28.8 Å². The number of anilines is 1. The van der Waals surface area contributed by atoms with E-state index in [0.29, 0.717) is 6.04 Å². The Kier molecular flexibility index (Phi) is 5.35. The molecule has 126 valence electrons. The molecule has 5 nitrogen and oxygen atoms in total. The summed E-state index contributed by atoms with van der Waals surface area (Å²) >= 11 is 3.43. The average Bonchev–Trinajstić information content (AvgIpc) is 3.24. The molecule has 2 aromatic rings. The summed E-state index contributed by atoms with van der Waals surface area (Å²) in [4.78, 5) is 12.2. The van der Waals surface area contributed by atoms with Crippen LogP contribution in [0.4, 0.5) is 5.82 Å². The predicted molar refractivity (Wildman–Crippen MR) is 98.1 cm³/mol. The minimum absolute atomic E-state index is 0.184. The Labute approximate surface area is 149 Å². The van der Waals surface area contributed by atoms with Crippen LogP contribution in [-0.2, 0) is 4.79 Å². The van der Waals surface area contributed by atoms with E-state index >= 15 is 0 Å². The summed E-state index contributed by atoms with van der Waals surface area (Å²) in [6, 6.07) is 7.90. The van der Waals surface area contributed by atoms with Gasteiger partial charge in [0.2, 0.25) is 5.91 Å². The number of nitrogens with one attached hydrogen (secondary N) is 1. The molecule has 1 aromatic heterocycles. The van der Waals surface area contributed by atoms with Gasteiger partial charge in [0.05, 0.1) is 19.3 Å². The molecule has 0 unspecified atom stereocenters. The molecule has 0 bridgehead atoms. The molecule has 1 aliphatic rings. The molecule has 1 saturated carbocycles. The van der Waals surface area contributed by atoms with E-state index in [9.17, 15) is 4.79 Å². The van der Waals surface area contributed by atoms with Gasteiger partial charge in [-0.25, -0.2) is 4.68 Å². The summed E-state index contributed by atoms with van der Waals surface area (Å²) in [5, 5.41) is 7.27. The van der Waals surface area contributed by atoms with E-state index in [4.69, 9.17) is 4.74 Å². The van der Waals surface area contributed by atoms with Crippen molar-refractivity contribution >= 4 is 33.7 Å². The third-order valence-electron chi connectivity index (χ3n) is 4.20. The Morgan fingerprint density at radius 1 is 1.38 bits per heavy atom. The van der Waals surface area contributed by atoms with Crippen LogP contribution in [0.15, 0.2) is 41.0 Å². The summed E-state index contributed by atoms with van der Waals surface area (Å²) in [5.41, 5.74) is 0.839. The van der Waals surface area contributed by atoms with Crippen LogP contribution >= 0.6 is 15.9 Å². The highest BCUT2D eigenvalue weighted by molar-refractivity contribution is 9.10. The van der Waals surface area contributed by atoms with Crippen molar-refractivity contribution in [2.24, 2.45) is 0 Å². The van der Waals surface area contributed by atoms with Gasteiger partial charge in [0.15, 0.2) is 0 Å². The molecule has 0 aliphatic heterocycles. The molecular formula is C18H20BrN3O2. The van der Waals surface area contributed by atoms with Gasteiger partial charge in [-0.15, -0.1) is 0 Å². The first kappa shape index (κ1) is 16.8. The molecule has 1 aromatic carbocycles. The molecule has 0 spiro atoms. The highest BCUT2D eigenvalue weighted by Gasteiger charge is 2.20. The largest absolute Gasteiger partial charge is 0.496 e. The monoisotopic (exact) mass is 389 g/mol. The smallest absolute Gasteiger partial charge is 0.249 e. The van der Waals surface area contributed by atoms with Crippen molar-refractivity contribution in [2.45, 2.75) is 31.7 Å². The number of nitrogens with zero attached hydrogens (tertiary/aromatic N) is 2. The standard InChI is InChI=1S/C18H20BrN3O2/c1-24-16-8-7-14(19)12-13(16)6-9-18(23)21-17-10-11-20-22(17)15-4-2-3-5-15/h6-12,15H,2-5H2,1H3,(H,21,23)/b9-6+. The van der Waals surface area contributed by atoms with Crippen molar-refractivity contribution in [3.63, 3.8) is 0 Å². The highest BCUT2D eigenvalue weighted by Crippen LogP contribution is 2.31. The first-order valence-corrected chi connectivity index (χ1v) is 8.83. The zero-order valence-electron chi connectivity index (χ0n) is 13.5. The van der Waals surface area contributed by atoms with Crippen molar-refractivity contribution in [1.29, 1.82) is 0 Å². The highest BCUT2D eigenvalue weighted by atomic mass is 79.9. The summed E-state index contributed by atoms with van der Waals surface area (Å²) in [7, 11) is 1.61. The Balaban J connectivity index is 1.70. The number of benzene rings is 1. The minimum Gasteiger partial charge on any atom is -0.496 e. The zero-order chi connectivity index (χ0) is 16.9. The van der Waals surface area contributed by atoms with Crippen LogP contribution in [0.25, 0.3) is 6.08 Å². The fraction of sp³-hybridized carbons (Fsp3) is 0.333.